The molecule has 0 unspecified atom stereocenters. The molecule has 0 amide bonds. The van der Waals surface area contributed by atoms with E-state index in [1.54, 1.807) is 12.1 Å². The summed E-state index contributed by atoms with van der Waals surface area (Å²) in [6.07, 6.45) is 0.719. The Hall–Kier alpha value is -2.83. The van der Waals surface area contributed by atoms with Crippen molar-refractivity contribution in [3.05, 3.63) is 57.4 Å². The van der Waals surface area contributed by atoms with Gasteiger partial charge in [0.15, 0.2) is 11.6 Å². The number of methoxy groups -OCH3 is 1. The van der Waals surface area contributed by atoms with Gasteiger partial charge in [-0.15, -0.1) is 0 Å². The predicted molar refractivity (Wildman–Crippen MR) is 85.6 cm³/mol. The monoisotopic (exact) mass is 317 g/mol. The van der Waals surface area contributed by atoms with Gasteiger partial charge in [0.05, 0.1) is 12.0 Å². The maximum Gasteiger partial charge on any atom is 0.292 e. The lowest BCUT2D eigenvalue weighted by molar-refractivity contribution is -0.384. The Labute approximate surface area is 132 Å². The summed E-state index contributed by atoms with van der Waals surface area (Å²) < 4.78 is 18.6. The number of hydrogen-bond acceptors (Lipinski definition) is 5. The topological polar surface area (TPSA) is 76.4 Å². The van der Waals surface area contributed by atoms with Gasteiger partial charge in [0.1, 0.15) is 5.69 Å². The van der Waals surface area contributed by atoms with Crippen LogP contribution in [0.1, 0.15) is 11.1 Å². The molecule has 0 radical (unpaired) electrons. The van der Waals surface area contributed by atoms with Crippen molar-refractivity contribution in [2.75, 3.05) is 24.3 Å². The second kappa shape index (κ2) is 6.12. The van der Waals surface area contributed by atoms with Crippen LogP contribution >= 0.6 is 0 Å². The van der Waals surface area contributed by atoms with Crippen molar-refractivity contribution in [1.29, 1.82) is 0 Å². The highest BCUT2D eigenvalue weighted by atomic mass is 19.1. The zero-order chi connectivity index (χ0) is 16.4. The summed E-state index contributed by atoms with van der Waals surface area (Å²) >= 11 is 0. The summed E-state index contributed by atoms with van der Waals surface area (Å²) in [6, 6.07) is 7.83. The first-order valence-corrected chi connectivity index (χ1v) is 7.20. The number of fused-ring (bicyclic) bond motifs is 1. The molecule has 120 valence electrons. The Morgan fingerprint density at radius 1 is 1.39 bits per heavy atom. The first-order chi connectivity index (χ1) is 11.1. The summed E-state index contributed by atoms with van der Waals surface area (Å²) in [7, 11) is 1.40. The van der Waals surface area contributed by atoms with Crippen LogP contribution in [0.5, 0.6) is 5.75 Å². The number of anilines is 2. The van der Waals surface area contributed by atoms with E-state index in [0.717, 1.165) is 24.2 Å². The summed E-state index contributed by atoms with van der Waals surface area (Å²) in [5, 5.41) is 17.5. The second-order valence-corrected chi connectivity index (χ2v) is 5.24. The minimum Gasteiger partial charge on any atom is -0.494 e. The molecule has 0 saturated heterocycles. The normalized spacial score (nSPS) is 12.4. The molecule has 0 aromatic heterocycles. The third kappa shape index (κ3) is 2.90. The molecule has 1 aliphatic rings. The number of nitrogens with one attached hydrogen (secondary N) is 2. The number of hydrogen-bond donors (Lipinski definition) is 2. The summed E-state index contributed by atoms with van der Waals surface area (Å²) in [6.45, 7) is 1.04. The van der Waals surface area contributed by atoms with E-state index in [4.69, 9.17) is 4.74 Å². The molecule has 2 N–H and O–H groups in total. The maximum absolute atomic E-state index is 13.7. The molecule has 2 aromatic rings. The number of benzene rings is 2. The van der Waals surface area contributed by atoms with Crippen LogP contribution in [0.15, 0.2) is 30.3 Å². The SMILES string of the molecule is COc1ccc(CNc2c([N+](=O)[O-])ccc3c2CCN3)cc1F. The van der Waals surface area contributed by atoms with Gasteiger partial charge in [0.25, 0.3) is 5.69 Å². The van der Waals surface area contributed by atoms with E-state index in [1.165, 1.54) is 25.3 Å². The Morgan fingerprint density at radius 3 is 2.91 bits per heavy atom. The lowest BCUT2D eigenvalue weighted by atomic mass is 10.1. The number of nitrogens with zero attached hydrogens (tertiary/aromatic N) is 1. The summed E-state index contributed by atoms with van der Waals surface area (Å²) in [5.74, 6) is -0.286. The van der Waals surface area contributed by atoms with Crippen LogP contribution < -0.4 is 15.4 Å². The van der Waals surface area contributed by atoms with Gasteiger partial charge in [-0.1, -0.05) is 6.07 Å². The Bertz CT molecular complexity index is 764. The van der Waals surface area contributed by atoms with E-state index in [1.807, 2.05) is 0 Å². The highest BCUT2D eigenvalue weighted by Crippen LogP contribution is 2.37. The molecule has 0 saturated carbocycles. The van der Waals surface area contributed by atoms with Gasteiger partial charge in [0, 0.05) is 30.4 Å². The molecule has 7 heteroatoms. The smallest absolute Gasteiger partial charge is 0.292 e. The minimum absolute atomic E-state index is 0.0291. The molecule has 23 heavy (non-hydrogen) atoms. The van der Waals surface area contributed by atoms with E-state index in [0.29, 0.717) is 11.3 Å². The fourth-order valence-corrected chi connectivity index (χ4v) is 2.74. The second-order valence-electron chi connectivity index (χ2n) is 5.24. The zero-order valence-corrected chi connectivity index (χ0v) is 12.6. The van der Waals surface area contributed by atoms with Crippen molar-refractivity contribution in [3.63, 3.8) is 0 Å². The molecule has 1 heterocycles. The number of ether oxygens (including phenoxy) is 1. The Morgan fingerprint density at radius 2 is 2.22 bits per heavy atom. The van der Waals surface area contributed by atoms with Crippen molar-refractivity contribution >= 4 is 17.1 Å². The van der Waals surface area contributed by atoms with Crippen molar-refractivity contribution in [1.82, 2.24) is 0 Å². The lowest BCUT2D eigenvalue weighted by Crippen LogP contribution is -2.05. The van der Waals surface area contributed by atoms with Gasteiger partial charge in [-0.05, 0) is 30.2 Å². The highest BCUT2D eigenvalue weighted by molar-refractivity contribution is 5.77. The van der Waals surface area contributed by atoms with Gasteiger partial charge in [0.2, 0.25) is 0 Å². The largest absolute Gasteiger partial charge is 0.494 e. The van der Waals surface area contributed by atoms with Gasteiger partial charge < -0.3 is 15.4 Å². The average Bonchev–Trinajstić information content (AvgIpc) is 3.01. The molecule has 0 bridgehead atoms. The molecule has 0 atom stereocenters. The minimum atomic E-state index is -0.457. The lowest BCUT2D eigenvalue weighted by Gasteiger charge is -2.12. The van der Waals surface area contributed by atoms with Crippen LogP contribution in [0.25, 0.3) is 0 Å². The summed E-state index contributed by atoms with van der Waals surface area (Å²) in [5.41, 5.74) is 3.00. The Kier molecular flexibility index (Phi) is 4.01. The molecular formula is C16H16FN3O3. The van der Waals surface area contributed by atoms with E-state index >= 15 is 0 Å². The number of nitro groups is 1. The number of nitro benzene ring substituents is 1. The van der Waals surface area contributed by atoms with Crippen LogP contribution in [0.4, 0.5) is 21.5 Å². The van der Waals surface area contributed by atoms with Crippen LogP contribution in [-0.2, 0) is 13.0 Å². The van der Waals surface area contributed by atoms with Crippen molar-refractivity contribution in [3.8, 4) is 5.75 Å². The molecule has 6 nitrogen and oxygen atoms in total. The molecule has 2 aromatic carbocycles. The fourth-order valence-electron chi connectivity index (χ4n) is 2.74. The molecule has 0 fully saturated rings. The van der Waals surface area contributed by atoms with E-state index < -0.39 is 10.7 Å². The van der Waals surface area contributed by atoms with Gasteiger partial charge in [-0.2, -0.15) is 0 Å². The van der Waals surface area contributed by atoms with E-state index in [9.17, 15) is 14.5 Å². The highest BCUT2D eigenvalue weighted by Gasteiger charge is 2.23. The van der Waals surface area contributed by atoms with E-state index in [-0.39, 0.29) is 18.0 Å². The first kappa shape index (κ1) is 15.1. The summed E-state index contributed by atoms with van der Waals surface area (Å²) in [4.78, 5) is 10.8. The molecule has 0 aliphatic carbocycles. The van der Waals surface area contributed by atoms with Crippen molar-refractivity contribution in [2.24, 2.45) is 0 Å². The van der Waals surface area contributed by atoms with Crippen LogP contribution in [0, 0.1) is 15.9 Å². The standard InChI is InChI=1S/C16H16FN3O3/c1-23-15-5-2-10(8-12(15)17)9-19-16-11-6-7-18-13(11)3-4-14(16)20(21)22/h2-5,8,18-19H,6-7,9H2,1H3. The quantitative estimate of drug-likeness (QED) is 0.653. The fraction of sp³-hybridized carbons (Fsp3) is 0.250. The Balaban J connectivity index is 1.87. The number of halogens is 1. The van der Waals surface area contributed by atoms with Crippen molar-refractivity contribution < 1.29 is 14.1 Å². The van der Waals surface area contributed by atoms with Crippen molar-refractivity contribution in [2.45, 2.75) is 13.0 Å². The van der Waals surface area contributed by atoms with Crippen LogP contribution in [0.3, 0.4) is 0 Å². The third-order valence-electron chi connectivity index (χ3n) is 3.86. The number of rotatable bonds is 5. The molecule has 0 spiro atoms. The van der Waals surface area contributed by atoms with Crippen LogP contribution in [-0.4, -0.2) is 18.6 Å². The van der Waals surface area contributed by atoms with E-state index in [2.05, 4.69) is 10.6 Å². The van der Waals surface area contributed by atoms with Gasteiger partial charge in [-0.25, -0.2) is 4.39 Å². The van der Waals surface area contributed by atoms with Gasteiger partial charge >= 0.3 is 0 Å². The van der Waals surface area contributed by atoms with Crippen LogP contribution in [0.2, 0.25) is 0 Å². The molecular weight excluding hydrogens is 301 g/mol. The predicted octanol–water partition coefficient (Wildman–Crippen LogP) is 3.32. The van der Waals surface area contributed by atoms with Gasteiger partial charge in [-0.3, -0.25) is 10.1 Å². The third-order valence-corrected chi connectivity index (χ3v) is 3.86. The molecule has 1 aliphatic heterocycles. The zero-order valence-electron chi connectivity index (χ0n) is 12.6. The first-order valence-electron chi connectivity index (χ1n) is 7.20. The maximum atomic E-state index is 13.7. The average molecular weight is 317 g/mol. The molecule has 3 rings (SSSR count).